The lowest BCUT2D eigenvalue weighted by Crippen LogP contribution is -2.43. The van der Waals surface area contributed by atoms with E-state index in [-0.39, 0.29) is 11.9 Å². The van der Waals surface area contributed by atoms with Gasteiger partial charge in [0.15, 0.2) is 5.82 Å². The molecule has 1 aromatic heterocycles. The van der Waals surface area contributed by atoms with Crippen molar-refractivity contribution < 1.29 is 9.32 Å². The van der Waals surface area contributed by atoms with Crippen molar-refractivity contribution in [2.45, 2.75) is 51.2 Å². The van der Waals surface area contributed by atoms with Crippen molar-refractivity contribution in [1.29, 1.82) is 0 Å². The quantitative estimate of drug-likeness (QED) is 0.848. The molecule has 3 rings (SSSR count). The molecule has 1 atom stereocenters. The monoisotopic (exact) mass is 250 g/mol. The summed E-state index contributed by atoms with van der Waals surface area (Å²) in [4.78, 5) is 18.4. The Morgan fingerprint density at radius 2 is 2.33 bits per heavy atom. The standard InChI is InChI=1S/C12H18N4O2/c1-8-13-11(18-15-8)7-16-6-2-3-10(16)12(17)14-9-4-5-9/h9-10H,2-7H2,1H3,(H,14,17)/t10-/m0/s1. The fourth-order valence-corrected chi connectivity index (χ4v) is 2.42. The summed E-state index contributed by atoms with van der Waals surface area (Å²) in [6.45, 7) is 3.29. The van der Waals surface area contributed by atoms with Gasteiger partial charge in [-0.15, -0.1) is 0 Å². The molecule has 18 heavy (non-hydrogen) atoms. The highest BCUT2D eigenvalue weighted by atomic mass is 16.5. The molecule has 0 bridgehead atoms. The topological polar surface area (TPSA) is 71.3 Å². The minimum Gasteiger partial charge on any atom is -0.352 e. The summed E-state index contributed by atoms with van der Waals surface area (Å²) in [5.74, 6) is 1.40. The zero-order chi connectivity index (χ0) is 12.5. The second kappa shape index (κ2) is 4.68. The molecule has 0 unspecified atom stereocenters. The van der Waals surface area contributed by atoms with E-state index in [1.54, 1.807) is 6.92 Å². The number of likely N-dealkylation sites (tertiary alicyclic amines) is 1. The van der Waals surface area contributed by atoms with Crippen molar-refractivity contribution in [3.63, 3.8) is 0 Å². The van der Waals surface area contributed by atoms with Crippen LogP contribution >= 0.6 is 0 Å². The van der Waals surface area contributed by atoms with Crippen molar-refractivity contribution in [1.82, 2.24) is 20.4 Å². The lowest BCUT2D eigenvalue weighted by atomic mass is 10.2. The van der Waals surface area contributed by atoms with E-state index in [2.05, 4.69) is 20.4 Å². The molecule has 1 N–H and O–H groups in total. The van der Waals surface area contributed by atoms with Gasteiger partial charge in [-0.05, 0) is 39.2 Å². The van der Waals surface area contributed by atoms with E-state index in [1.165, 1.54) is 0 Å². The maximum absolute atomic E-state index is 12.1. The third kappa shape index (κ3) is 2.53. The van der Waals surface area contributed by atoms with Gasteiger partial charge in [-0.2, -0.15) is 4.98 Å². The van der Waals surface area contributed by atoms with E-state index in [0.29, 0.717) is 24.3 Å². The molecule has 1 saturated carbocycles. The Kier molecular flexibility index (Phi) is 3.03. The average Bonchev–Trinajstić information content (AvgIpc) is 2.87. The number of hydrogen-bond donors (Lipinski definition) is 1. The van der Waals surface area contributed by atoms with Crippen LogP contribution in [0.2, 0.25) is 0 Å². The van der Waals surface area contributed by atoms with Gasteiger partial charge in [0.2, 0.25) is 11.8 Å². The minimum absolute atomic E-state index is 0.0298. The van der Waals surface area contributed by atoms with Crippen LogP contribution in [-0.4, -0.2) is 39.6 Å². The number of nitrogens with one attached hydrogen (secondary N) is 1. The summed E-state index contributed by atoms with van der Waals surface area (Å²) in [5, 5.41) is 6.84. The molecule has 0 spiro atoms. The Bertz CT molecular complexity index is 441. The molecular formula is C12H18N4O2. The largest absolute Gasteiger partial charge is 0.352 e. The van der Waals surface area contributed by atoms with Crippen molar-refractivity contribution in [2.75, 3.05) is 6.54 Å². The molecule has 1 aromatic rings. The third-order valence-electron chi connectivity index (χ3n) is 3.50. The highest BCUT2D eigenvalue weighted by Gasteiger charge is 2.34. The Labute approximate surface area is 106 Å². The number of rotatable bonds is 4. The fourth-order valence-electron chi connectivity index (χ4n) is 2.42. The smallest absolute Gasteiger partial charge is 0.240 e. The van der Waals surface area contributed by atoms with Crippen LogP contribution < -0.4 is 5.32 Å². The van der Waals surface area contributed by atoms with E-state index in [9.17, 15) is 4.79 Å². The fraction of sp³-hybridized carbons (Fsp3) is 0.750. The first-order valence-corrected chi connectivity index (χ1v) is 6.56. The number of hydrogen-bond acceptors (Lipinski definition) is 5. The molecule has 1 saturated heterocycles. The molecule has 1 amide bonds. The number of carbonyl (C=O) groups is 1. The van der Waals surface area contributed by atoms with Gasteiger partial charge < -0.3 is 9.84 Å². The molecule has 2 fully saturated rings. The summed E-state index contributed by atoms with van der Waals surface area (Å²) in [6.07, 6.45) is 4.23. The van der Waals surface area contributed by atoms with Crippen molar-refractivity contribution >= 4 is 5.91 Å². The summed E-state index contributed by atoms with van der Waals surface area (Å²) >= 11 is 0. The van der Waals surface area contributed by atoms with Gasteiger partial charge in [-0.3, -0.25) is 9.69 Å². The van der Waals surface area contributed by atoms with E-state index < -0.39 is 0 Å². The molecule has 1 aliphatic carbocycles. The summed E-state index contributed by atoms with van der Waals surface area (Å²) in [6, 6.07) is 0.392. The molecule has 0 aromatic carbocycles. The van der Waals surface area contributed by atoms with Crippen LogP contribution in [0.15, 0.2) is 4.52 Å². The molecule has 6 nitrogen and oxygen atoms in total. The molecule has 0 radical (unpaired) electrons. The summed E-state index contributed by atoms with van der Waals surface area (Å²) < 4.78 is 5.11. The first-order valence-electron chi connectivity index (χ1n) is 6.56. The van der Waals surface area contributed by atoms with Crippen LogP contribution in [0, 0.1) is 6.92 Å². The van der Waals surface area contributed by atoms with Crippen LogP contribution in [0.1, 0.15) is 37.4 Å². The number of carbonyl (C=O) groups excluding carboxylic acids is 1. The SMILES string of the molecule is Cc1noc(CN2CCC[C@H]2C(=O)NC2CC2)n1. The van der Waals surface area contributed by atoms with Crippen LogP contribution in [0.4, 0.5) is 0 Å². The van der Waals surface area contributed by atoms with E-state index in [1.807, 2.05) is 0 Å². The number of amides is 1. The van der Waals surface area contributed by atoms with Gasteiger partial charge in [0.25, 0.3) is 0 Å². The number of nitrogens with zero attached hydrogens (tertiary/aromatic N) is 3. The van der Waals surface area contributed by atoms with Crippen molar-refractivity contribution in [3.05, 3.63) is 11.7 Å². The molecule has 2 aliphatic rings. The third-order valence-corrected chi connectivity index (χ3v) is 3.50. The maximum atomic E-state index is 12.1. The normalized spacial score (nSPS) is 24.4. The minimum atomic E-state index is -0.0298. The van der Waals surface area contributed by atoms with Crippen molar-refractivity contribution in [2.24, 2.45) is 0 Å². The van der Waals surface area contributed by atoms with Gasteiger partial charge in [-0.1, -0.05) is 5.16 Å². The second-order valence-corrected chi connectivity index (χ2v) is 5.15. The number of aryl methyl sites for hydroxylation is 1. The Hall–Kier alpha value is -1.43. The second-order valence-electron chi connectivity index (χ2n) is 5.15. The first-order chi connectivity index (χ1) is 8.72. The predicted molar refractivity (Wildman–Crippen MR) is 63.6 cm³/mol. The van der Waals surface area contributed by atoms with Crippen LogP contribution in [0.25, 0.3) is 0 Å². The highest BCUT2D eigenvalue weighted by molar-refractivity contribution is 5.82. The predicted octanol–water partition coefficient (Wildman–Crippen LogP) is 0.621. The highest BCUT2D eigenvalue weighted by Crippen LogP contribution is 2.23. The van der Waals surface area contributed by atoms with Gasteiger partial charge in [0.05, 0.1) is 12.6 Å². The maximum Gasteiger partial charge on any atom is 0.240 e. The molecular weight excluding hydrogens is 232 g/mol. The van der Waals surface area contributed by atoms with Crippen LogP contribution in [-0.2, 0) is 11.3 Å². The molecule has 2 heterocycles. The van der Waals surface area contributed by atoms with E-state index >= 15 is 0 Å². The lowest BCUT2D eigenvalue weighted by Gasteiger charge is -2.21. The first kappa shape index (κ1) is 11.6. The lowest BCUT2D eigenvalue weighted by molar-refractivity contribution is -0.125. The average molecular weight is 250 g/mol. The van der Waals surface area contributed by atoms with Gasteiger partial charge in [0.1, 0.15) is 0 Å². The molecule has 6 heteroatoms. The summed E-state index contributed by atoms with van der Waals surface area (Å²) in [7, 11) is 0. The van der Waals surface area contributed by atoms with Crippen molar-refractivity contribution in [3.8, 4) is 0 Å². The van der Waals surface area contributed by atoms with E-state index in [4.69, 9.17) is 4.52 Å². The Morgan fingerprint density at radius 3 is 3.00 bits per heavy atom. The summed E-state index contributed by atoms with van der Waals surface area (Å²) in [5.41, 5.74) is 0. The molecule has 1 aliphatic heterocycles. The van der Waals surface area contributed by atoms with Crippen LogP contribution in [0.3, 0.4) is 0 Å². The van der Waals surface area contributed by atoms with E-state index in [0.717, 1.165) is 32.2 Å². The Morgan fingerprint density at radius 1 is 1.50 bits per heavy atom. The van der Waals surface area contributed by atoms with Gasteiger partial charge in [-0.25, -0.2) is 0 Å². The van der Waals surface area contributed by atoms with Gasteiger partial charge in [0, 0.05) is 6.04 Å². The zero-order valence-electron chi connectivity index (χ0n) is 10.6. The van der Waals surface area contributed by atoms with Gasteiger partial charge >= 0.3 is 0 Å². The molecule has 98 valence electrons. The Balaban J connectivity index is 1.61. The zero-order valence-corrected chi connectivity index (χ0v) is 10.6. The van der Waals surface area contributed by atoms with Crippen LogP contribution in [0.5, 0.6) is 0 Å². The number of aromatic nitrogens is 2.